The number of anilines is 2. The molecule has 1 saturated heterocycles. The molecule has 1 aliphatic rings. The Labute approximate surface area is 106 Å². The highest BCUT2D eigenvalue weighted by Crippen LogP contribution is 2.24. The largest absolute Gasteiger partial charge is 0.477 e. The molecule has 0 radical (unpaired) electrons. The zero-order chi connectivity index (χ0) is 13.3. The van der Waals surface area contributed by atoms with Crippen molar-refractivity contribution in [2.24, 2.45) is 0 Å². The number of nitrogen functional groups attached to an aromatic ring is 1. The zero-order valence-electron chi connectivity index (χ0n) is 10.6. The molecule has 0 spiro atoms. The minimum atomic E-state index is -1.03. The summed E-state index contributed by atoms with van der Waals surface area (Å²) in [5.41, 5.74) is 6.46. The summed E-state index contributed by atoms with van der Waals surface area (Å²) in [5, 5.41) is 8.98. The van der Waals surface area contributed by atoms with Gasteiger partial charge in [0.1, 0.15) is 0 Å². The Morgan fingerprint density at radius 2 is 2.22 bits per heavy atom. The van der Waals surface area contributed by atoms with E-state index >= 15 is 0 Å². The lowest BCUT2D eigenvalue weighted by Gasteiger charge is -2.39. The minimum absolute atomic E-state index is 0.0327. The molecule has 0 aliphatic carbocycles. The fourth-order valence-corrected chi connectivity index (χ4v) is 2.26. The van der Waals surface area contributed by atoms with Crippen molar-refractivity contribution in [3.05, 3.63) is 17.8 Å². The SMILES string of the molecule is CC1CN(C)CCN1c1nc(C(=O)O)ccc1N. The van der Waals surface area contributed by atoms with Crippen LogP contribution in [-0.4, -0.2) is 53.7 Å². The average molecular weight is 250 g/mol. The van der Waals surface area contributed by atoms with E-state index < -0.39 is 5.97 Å². The number of carboxylic acids is 1. The van der Waals surface area contributed by atoms with E-state index in [1.165, 1.54) is 6.07 Å². The lowest BCUT2D eigenvalue weighted by Crippen LogP contribution is -2.51. The van der Waals surface area contributed by atoms with Gasteiger partial charge in [0.05, 0.1) is 5.69 Å². The first-order valence-corrected chi connectivity index (χ1v) is 5.94. The Hall–Kier alpha value is -1.82. The molecule has 1 aliphatic heterocycles. The number of piperazine rings is 1. The second-order valence-corrected chi connectivity index (χ2v) is 4.72. The predicted molar refractivity (Wildman–Crippen MR) is 69.9 cm³/mol. The third-order valence-corrected chi connectivity index (χ3v) is 3.23. The molecule has 0 saturated carbocycles. The summed E-state index contributed by atoms with van der Waals surface area (Å²) in [4.78, 5) is 19.4. The molecule has 6 heteroatoms. The first kappa shape index (κ1) is 12.6. The fraction of sp³-hybridized carbons (Fsp3) is 0.500. The van der Waals surface area contributed by atoms with Crippen molar-refractivity contribution in [1.82, 2.24) is 9.88 Å². The molecule has 0 bridgehead atoms. The molecule has 2 rings (SSSR count). The monoisotopic (exact) mass is 250 g/mol. The molecule has 3 N–H and O–H groups in total. The van der Waals surface area contributed by atoms with Crippen LogP contribution in [0.15, 0.2) is 12.1 Å². The molecule has 0 aromatic carbocycles. The van der Waals surface area contributed by atoms with Crippen molar-refractivity contribution >= 4 is 17.5 Å². The minimum Gasteiger partial charge on any atom is -0.477 e. The second-order valence-electron chi connectivity index (χ2n) is 4.72. The third kappa shape index (κ3) is 2.38. The van der Waals surface area contributed by atoms with Gasteiger partial charge in [-0.15, -0.1) is 0 Å². The average Bonchev–Trinajstić information content (AvgIpc) is 2.30. The molecular weight excluding hydrogens is 232 g/mol. The molecule has 0 amide bonds. The lowest BCUT2D eigenvalue weighted by molar-refractivity contribution is 0.0690. The van der Waals surface area contributed by atoms with Gasteiger partial charge in [-0.2, -0.15) is 0 Å². The van der Waals surface area contributed by atoms with Gasteiger partial charge < -0.3 is 20.6 Å². The summed E-state index contributed by atoms with van der Waals surface area (Å²) < 4.78 is 0. The maximum Gasteiger partial charge on any atom is 0.354 e. The quantitative estimate of drug-likeness (QED) is 0.795. The van der Waals surface area contributed by atoms with Crippen LogP contribution in [0.4, 0.5) is 11.5 Å². The molecule has 6 nitrogen and oxygen atoms in total. The summed E-state index contributed by atoms with van der Waals surface area (Å²) in [5.74, 6) is -0.450. The number of aromatic nitrogens is 1. The number of pyridine rings is 1. The van der Waals surface area contributed by atoms with Crippen LogP contribution in [-0.2, 0) is 0 Å². The molecule has 18 heavy (non-hydrogen) atoms. The molecule has 1 fully saturated rings. The van der Waals surface area contributed by atoms with Gasteiger partial charge in [0.15, 0.2) is 11.5 Å². The topological polar surface area (TPSA) is 82.7 Å². The van der Waals surface area contributed by atoms with Crippen molar-refractivity contribution in [2.45, 2.75) is 13.0 Å². The molecule has 98 valence electrons. The number of hydrogen-bond acceptors (Lipinski definition) is 5. The number of nitrogens with two attached hydrogens (primary N) is 1. The van der Waals surface area contributed by atoms with Gasteiger partial charge in [0.25, 0.3) is 0 Å². The smallest absolute Gasteiger partial charge is 0.354 e. The number of rotatable bonds is 2. The van der Waals surface area contributed by atoms with Gasteiger partial charge in [-0.3, -0.25) is 0 Å². The number of aromatic carboxylic acids is 1. The van der Waals surface area contributed by atoms with E-state index in [0.717, 1.165) is 19.6 Å². The maximum absolute atomic E-state index is 11.0. The van der Waals surface area contributed by atoms with Crippen LogP contribution in [0.1, 0.15) is 17.4 Å². The number of carboxylic acid groups (broad SMARTS) is 1. The van der Waals surface area contributed by atoms with Crippen LogP contribution in [0.3, 0.4) is 0 Å². The van der Waals surface area contributed by atoms with E-state index in [-0.39, 0.29) is 11.7 Å². The van der Waals surface area contributed by atoms with Crippen LogP contribution in [0.25, 0.3) is 0 Å². The van der Waals surface area contributed by atoms with Crippen molar-refractivity contribution in [2.75, 3.05) is 37.3 Å². The van der Waals surface area contributed by atoms with Crippen molar-refractivity contribution in [3.63, 3.8) is 0 Å². The van der Waals surface area contributed by atoms with Crippen LogP contribution >= 0.6 is 0 Å². The summed E-state index contributed by atoms with van der Waals surface area (Å²) in [6.45, 7) is 4.73. The highest BCUT2D eigenvalue weighted by molar-refractivity contribution is 5.87. The summed E-state index contributed by atoms with van der Waals surface area (Å²) >= 11 is 0. The Morgan fingerprint density at radius 3 is 2.83 bits per heavy atom. The third-order valence-electron chi connectivity index (χ3n) is 3.23. The van der Waals surface area contributed by atoms with Crippen LogP contribution < -0.4 is 10.6 Å². The van der Waals surface area contributed by atoms with Crippen molar-refractivity contribution in [1.29, 1.82) is 0 Å². The fourth-order valence-electron chi connectivity index (χ4n) is 2.26. The van der Waals surface area contributed by atoms with Crippen LogP contribution in [0, 0.1) is 0 Å². The van der Waals surface area contributed by atoms with Gasteiger partial charge in [-0.1, -0.05) is 0 Å². The maximum atomic E-state index is 11.0. The molecule has 1 atom stereocenters. The van der Waals surface area contributed by atoms with Crippen LogP contribution in [0.5, 0.6) is 0 Å². The van der Waals surface area contributed by atoms with E-state index in [0.29, 0.717) is 11.5 Å². The molecule has 1 aromatic heterocycles. The van der Waals surface area contributed by atoms with E-state index in [1.807, 2.05) is 0 Å². The van der Waals surface area contributed by atoms with E-state index in [4.69, 9.17) is 10.8 Å². The highest BCUT2D eigenvalue weighted by atomic mass is 16.4. The van der Waals surface area contributed by atoms with Gasteiger partial charge in [-0.05, 0) is 26.1 Å². The molecule has 2 heterocycles. The standard InChI is InChI=1S/C12H18N4O2/c1-8-7-15(2)5-6-16(8)11-9(13)3-4-10(14-11)12(17)18/h3-4,8H,5-7,13H2,1-2H3,(H,17,18). The van der Waals surface area contributed by atoms with Gasteiger partial charge in [0, 0.05) is 25.7 Å². The molecule has 1 unspecified atom stereocenters. The number of likely N-dealkylation sites (N-methyl/N-ethyl adjacent to an activating group) is 1. The Kier molecular flexibility index (Phi) is 3.38. The second kappa shape index (κ2) is 4.81. The lowest BCUT2D eigenvalue weighted by atomic mass is 10.2. The normalized spacial score (nSPS) is 21.0. The van der Waals surface area contributed by atoms with Crippen molar-refractivity contribution in [3.8, 4) is 0 Å². The Bertz CT molecular complexity index is 463. The van der Waals surface area contributed by atoms with Gasteiger partial charge >= 0.3 is 5.97 Å². The molecular formula is C12H18N4O2. The van der Waals surface area contributed by atoms with Gasteiger partial charge in [0.2, 0.25) is 0 Å². The van der Waals surface area contributed by atoms with Crippen LogP contribution in [0.2, 0.25) is 0 Å². The first-order chi connectivity index (χ1) is 8.49. The molecule has 1 aromatic rings. The summed E-state index contributed by atoms with van der Waals surface area (Å²) in [7, 11) is 2.07. The van der Waals surface area contributed by atoms with Gasteiger partial charge in [-0.25, -0.2) is 9.78 Å². The zero-order valence-corrected chi connectivity index (χ0v) is 10.6. The Balaban J connectivity index is 2.32. The Morgan fingerprint density at radius 1 is 1.50 bits per heavy atom. The number of nitrogens with zero attached hydrogens (tertiary/aromatic N) is 3. The first-order valence-electron chi connectivity index (χ1n) is 5.94. The summed E-state index contributed by atoms with van der Waals surface area (Å²) in [6.07, 6.45) is 0. The number of hydrogen-bond donors (Lipinski definition) is 2. The van der Waals surface area contributed by atoms with Crippen molar-refractivity contribution < 1.29 is 9.90 Å². The van der Waals surface area contributed by atoms with E-state index in [1.54, 1.807) is 6.07 Å². The van der Waals surface area contributed by atoms with E-state index in [2.05, 4.69) is 28.8 Å². The van der Waals surface area contributed by atoms with E-state index in [9.17, 15) is 4.79 Å². The summed E-state index contributed by atoms with van der Waals surface area (Å²) in [6, 6.07) is 3.31. The predicted octanol–water partition coefficient (Wildman–Crippen LogP) is 0.502. The highest BCUT2D eigenvalue weighted by Gasteiger charge is 2.24. The number of carbonyl (C=O) groups is 1.